The Morgan fingerprint density at radius 1 is 1.44 bits per heavy atom. The van der Waals surface area contributed by atoms with Gasteiger partial charge in [0.15, 0.2) is 0 Å². The number of nitrogen functional groups attached to an aromatic ring is 1. The van der Waals surface area contributed by atoms with Gasteiger partial charge < -0.3 is 10.6 Å². The summed E-state index contributed by atoms with van der Waals surface area (Å²) in [5.74, 6) is 0.754. The van der Waals surface area contributed by atoms with Crippen LogP contribution in [0.2, 0.25) is 0 Å². The molecule has 0 aliphatic rings. The van der Waals surface area contributed by atoms with E-state index in [4.69, 9.17) is 11.1 Å². The smallest absolute Gasteiger partial charge is 0.124 e. The summed E-state index contributed by atoms with van der Waals surface area (Å²) in [7, 11) is 0. The van der Waals surface area contributed by atoms with Gasteiger partial charge in [0.1, 0.15) is 5.84 Å². The van der Waals surface area contributed by atoms with Gasteiger partial charge in [-0.3, -0.25) is 5.41 Å². The van der Waals surface area contributed by atoms with Crippen LogP contribution in [0, 0.1) is 11.3 Å². The van der Waals surface area contributed by atoms with E-state index >= 15 is 0 Å². The highest BCUT2D eigenvalue weighted by Gasteiger charge is 2.14. The number of nitrogens with zero attached hydrogens (tertiary/aromatic N) is 1. The Balaban J connectivity index is 3.10. The summed E-state index contributed by atoms with van der Waals surface area (Å²) >= 11 is 3.49. The first-order valence-corrected chi connectivity index (χ1v) is 7.17. The summed E-state index contributed by atoms with van der Waals surface area (Å²) < 4.78 is 1.02. The predicted octanol–water partition coefficient (Wildman–Crippen LogP) is 3.61. The van der Waals surface area contributed by atoms with E-state index in [9.17, 15) is 0 Å². The molecule has 18 heavy (non-hydrogen) atoms. The van der Waals surface area contributed by atoms with Crippen molar-refractivity contribution < 1.29 is 0 Å². The lowest BCUT2D eigenvalue weighted by atomic mass is 10.1. The third-order valence-corrected chi connectivity index (χ3v) is 3.69. The highest BCUT2D eigenvalue weighted by atomic mass is 79.9. The molecule has 100 valence electrons. The summed E-state index contributed by atoms with van der Waals surface area (Å²) in [4.78, 5) is 2.29. The quantitative estimate of drug-likeness (QED) is 0.623. The van der Waals surface area contributed by atoms with E-state index in [0.29, 0.717) is 5.92 Å². The van der Waals surface area contributed by atoms with Crippen LogP contribution in [0.25, 0.3) is 0 Å². The average Bonchev–Trinajstić information content (AvgIpc) is 2.35. The van der Waals surface area contributed by atoms with Crippen molar-refractivity contribution in [1.82, 2.24) is 0 Å². The second kappa shape index (κ2) is 6.78. The van der Waals surface area contributed by atoms with E-state index in [1.54, 1.807) is 0 Å². The lowest BCUT2D eigenvalue weighted by Crippen LogP contribution is -2.30. The van der Waals surface area contributed by atoms with Crippen LogP contribution < -0.4 is 10.6 Å². The van der Waals surface area contributed by atoms with Gasteiger partial charge in [0.05, 0.1) is 0 Å². The van der Waals surface area contributed by atoms with Crippen LogP contribution in [0.1, 0.15) is 32.8 Å². The minimum absolute atomic E-state index is 0.125. The minimum atomic E-state index is 0.125. The van der Waals surface area contributed by atoms with Gasteiger partial charge in [-0.15, -0.1) is 0 Å². The minimum Gasteiger partial charge on any atom is -0.384 e. The largest absolute Gasteiger partial charge is 0.384 e. The Hall–Kier alpha value is -1.03. The summed E-state index contributed by atoms with van der Waals surface area (Å²) in [6, 6.07) is 5.88. The van der Waals surface area contributed by atoms with Crippen LogP contribution in [-0.2, 0) is 0 Å². The van der Waals surface area contributed by atoms with Crippen LogP contribution in [-0.4, -0.2) is 18.9 Å². The molecular weight excluding hydrogens is 290 g/mol. The number of hydrogen-bond acceptors (Lipinski definition) is 2. The number of nitrogens with one attached hydrogen (secondary N) is 1. The number of benzene rings is 1. The fourth-order valence-corrected chi connectivity index (χ4v) is 2.25. The normalized spacial score (nSPS) is 12.2. The van der Waals surface area contributed by atoms with E-state index in [1.807, 2.05) is 18.2 Å². The number of hydrogen-bond donors (Lipinski definition) is 2. The second-order valence-electron chi connectivity index (χ2n) is 4.63. The van der Waals surface area contributed by atoms with Crippen LogP contribution in [0.4, 0.5) is 5.69 Å². The van der Waals surface area contributed by atoms with Crippen molar-refractivity contribution in [1.29, 1.82) is 5.41 Å². The molecule has 0 fully saturated rings. The van der Waals surface area contributed by atoms with E-state index in [0.717, 1.165) is 35.2 Å². The maximum absolute atomic E-state index is 7.68. The zero-order chi connectivity index (χ0) is 13.7. The number of halogens is 1. The van der Waals surface area contributed by atoms with Gasteiger partial charge in [0, 0.05) is 28.8 Å². The Morgan fingerprint density at radius 2 is 2.11 bits per heavy atom. The Morgan fingerprint density at radius 3 is 2.61 bits per heavy atom. The molecule has 3 N–H and O–H groups in total. The monoisotopic (exact) mass is 311 g/mol. The third-order valence-electron chi connectivity index (χ3n) is 3.20. The Kier molecular flexibility index (Phi) is 5.66. The van der Waals surface area contributed by atoms with E-state index in [-0.39, 0.29) is 5.84 Å². The summed E-state index contributed by atoms with van der Waals surface area (Å²) in [6.45, 7) is 8.48. The van der Waals surface area contributed by atoms with E-state index in [1.165, 1.54) is 0 Å². The molecular formula is C14H22BrN3. The molecule has 3 nitrogen and oxygen atoms in total. The van der Waals surface area contributed by atoms with Crippen molar-refractivity contribution in [3.05, 3.63) is 28.2 Å². The first kappa shape index (κ1) is 15.0. The average molecular weight is 312 g/mol. The van der Waals surface area contributed by atoms with Crippen molar-refractivity contribution in [2.45, 2.75) is 27.2 Å². The number of anilines is 1. The molecule has 1 atom stereocenters. The third kappa shape index (κ3) is 3.73. The van der Waals surface area contributed by atoms with Gasteiger partial charge in [-0.2, -0.15) is 0 Å². The lowest BCUT2D eigenvalue weighted by molar-refractivity contribution is 0.548. The topological polar surface area (TPSA) is 53.1 Å². The number of rotatable bonds is 6. The highest BCUT2D eigenvalue weighted by Crippen LogP contribution is 2.26. The molecule has 0 saturated heterocycles. The molecule has 0 heterocycles. The molecule has 0 bridgehead atoms. The first-order chi connectivity index (χ1) is 8.49. The van der Waals surface area contributed by atoms with Crippen LogP contribution in [0.3, 0.4) is 0 Å². The van der Waals surface area contributed by atoms with E-state index in [2.05, 4.69) is 41.6 Å². The van der Waals surface area contributed by atoms with Crippen molar-refractivity contribution in [3.8, 4) is 0 Å². The van der Waals surface area contributed by atoms with Crippen LogP contribution >= 0.6 is 15.9 Å². The zero-order valence-corrected chi connectivity index (χ0v) is 12.9. The first-order valence-electron chi connectivity index (χ1n) is 6.38. The van der Waals surface area contributed by atoms with Gasteiger partial charge in [0.2, 0.25) is 0 Å². The Labute approximate surface area is 118 Å². The molecule has 0 aliphatic heterocycles. The van der Waals surface area contributed by atoms with Crippen molar-refractivity contribution in [2.24, 2.45) is 11.7 Å². The van der Waals surface area contributed by atoms with Crippen LogP contribution in [0.5, 0.6) is 0 Å². The van der Waals surface area contributed by atoms with Crippen molar-refractivity contribution in [3.63, 3.8) is 0 Å². The molecule has 1 unspecified atom stereocenters. The summed E-state index contributed by atoms with van der Waals surface area (Å²) in [5, 5.41) is 7.68. The summed E-state index contributed by atoms with van der Waals surface area (Å²) in [5.41, 5.74) is 7.51. The predicted molar refractivity (Wildman–Crippen MR) is 82.5 cm³/mol. The molecule has 0 aromatic heterocycles. The van der Waals surface area contributed by atoms with Gasteiger partial charge in [-0.25, -0.2) is 0 Å². The SMILES string of the molecule is CCC(C)CN(CC)c1cc(Br)ccc1C(=N)N. The highest BCUT2D eigenvalue weighted by molar-refractivity contribution is 9.10. The molecule has 1 aromatic carbocycles. The van der Waals surface area contributed by atoms with Crippen molar-refractivity contribution in [2.75, 3.05) is 18.0 Å². The maximum Gasteiger partial charge on any atom is 0.124 e. The molecule has 0 amide bonds. The van der Waals surface area contributed by atoms with Gasteiger partial charge in [-0.05, 0) is 31.0 Å². The van der Waals surface area contributed by atoms with Gasteiger partial charge in [-0.1, -0.05) is 36.2 Å². The maximum atomic E-state index is 7.68. The Bertz CT molecular complexity index is 418. The second-order valence-corrected chi connectivity index (χ2v) is 5.54. The van der Waals surface area contributed by atoms with E-state index < -0.39 is 0 Å². The molecule has 1 rings (SSSR count). The van der Waals surface area contributed by atoms with Crippen LogP contribution in [0.15, 0.2) is 22.7 Å². The molecule has 0 radical (unpaired) electrons. The van der Waals surface area contributed by atoms with Gasteiger partial charge >= 0.3 is 0 Å². The number of nitrogens with two attached hydrogens (primary N) is 1. The van der Waals surface area contributed by atoms with Gasteiger partial charge in [0.25, 0.3) is 0 Å². The van der Waals surface area contributed by atoms with Crippen molar-refractivity contribution >= 4 is 27.5 Å². The fourth-order valence-electron chi connectivity index (χ4n) is 1.90. The fraction of sp³-hybridized carbons (Fsp3) is 0.500. The lowest BCUT2D eigenvalue weighted by Gasteiger charge is -2.28. The zero-order valence-electron chi connectivity index (χ0n) is 11.3. The molecule has 1 aromatic rings. The molecule has 0 saturated carbocycles. The molecule has 0 aliphatic carbocycles. The number of amidine groups is 1. The summed E-state index contributed by atoms with van der Waals surface area (Å²) in [6.07, 6.45) is 1.15. The standard InChI is InChI=1S/C14H22BrN3/c1-4-10(3)9-18(5-2)13-8-11(15)6-7-12(13)14(16)17/h6-8,10H,4-5,9H2,1-3H3,(H3,16,17). The molecule has 0 spiro atoms. The molecule has 4 heteroatoms.